The molecule has 4 atom stereocenters. The molecule has 5 nitrogen and oxygen atoms in total. The number of carbonyl (C=O) groups is 1. The van der Waals surface area contributed by atoms with Crippen molar-refractivity contribution in [2.24, 2.45) is 17.8 Å². The van der Waals surface area contributed by atoms with Gasteiger partial charge < -0.3 is 19.6 Å². The molecule has 1 N–H and O–H groups in total. The van der Waals surface area contributed by atoms with Crippen molar-refractivity contribution in [1.29, 1.82) is 0 Å². The quantitative estimate of drug-likeness (QED) is 0.543. The summed E-state index contributed by atoms with van der Waals surface area (Å²) in [6, 6.07) is 17.7. The minimum atomic E-state index is -0.130. The first kappa shape index (κ1) is 25.3. The van der Waals surface area contributed by atoms with E-state index in [1.165, 1.54) is 24.9 Å². The van der Waals surface area contributed by atoms with Gasteiger partial charge in [0.25, 0.3) is 5.91 Å². The van der Waals surface area contributed by atoms with Crippen molar-refractivity contribution >= 4 is 5.91 Å². The Kier molecular flexibility index (Phi) is 7.41. The Labute approximate surface area is 216 Å². The van der Waals surface area contributed by atoms with Crippen LogP contribution in [0.25, 0.3) is 0 Å². The lowest BCUT2D eigenvalue weighted by molar-refractivity contribution is -0.0824. The molecule has 1 amide bonds. The second kappa shape index (κ2) is 10.5. The van der Waals surface area contributed by atoms with E-state index in [2.05, 4.69) is 29.7 Å². The third-order valence-electron chi connectivity index (χ3n) is 8.81. The molecule has 0 radical (unpaired) electrons. The first-order valence-corrected chi connectivity index (χ1v) is 13.8. The number of nitrogens with zero attached hydrogens (tertiary/aromatic N) is 2. The van der Waals surface area contributed by atoms with Gasteiger partial charge in [0.2, 0.25) is 0 Å². The predicted octanol–water partition coefficient (Wildman–Crippen LogP) is 5.34. The monoisotopic (exact) mass is 490 g/mol. The number of hydrogen-bond donors (Lipinski definition) is 1. The van der Waals surface area contributed by atoms with E-state index >= 15 is 0 Å². The summed E-state index contributed by atoms with van der Waals surface area (Å²) in [5.41, 5.74) is 1.82. The Morgan fingerprint density at radius 2 is 1.94 bits per heavy atom. The van der Waals surface area contributed by atoms with Crippen LogP contribution in [0.1, 0.15) is 61.9 Å². The maximum Gasteiger partial charge on any atom is 0.254 e. The Bertz CT molecular complexity index is 1040. The maximum atomic E-state index is 13.8. The van der Waals surface area contributed by atoms with E-state index in [4.69, 9.17) is 4.74 Å². The lowest BCUT2D eigenvalue weighted by Crippen LogP contribution is -2.62. The van der Waals surface area contributed by atoms with Crippen molar-refractivity contribution in [3.05, 3.63) is 65.7 Å². The normalized spacial score (nSPS) is 28.6. The van der Waals surface area contributed by atoms with E-state index in [1.807, 2.05) is 49.6 Å². The fraction of sp³-hybridized carbons (Fsp3) is 0.581. The molecule has 3 fully saturated rings. The molecule has 0 aromatic heterocycles. The van der Waals surface area contributed by atoms with Crippen molar-refractivity contribution in [1.82, 2.24) is 9.80 Å². The van der Waals surface area contributed by atoms with E-state index in [-0.39, 0.29) is 23.5 Å². The number of methoxy groups -OCH3 is 1. The summed E-state index contributed by atoms with van der Waals surface area (Å²) in [7, 11) is 1.84. The molecule has 1 heterocycles. The Morgan fingerprint density at radius 1 is 1.17 bits per heavy atom. The van der Waals surface area contributed by atoms with Crippen molar-refractivity contribution < 1.29 is 14.6 Å². The van der Waals surface area contributed by atoms with E-state index in [0.29, 0.717) is 17.6 Å². The molecule has 2 aliphatic carbocycles. The first-order valence-electron chi connectivity index (χ1n) is 13.8. The van der Waals surface area contributed by atoms with Crippen LogP contribution in [-0.4, -0.2) is 66.2 Å². The van der Waals surface area contributed by atoms with Crippen LogP contribution >= 0.6 is 0 Å². The van der Waals surface area contributed by atoms with Gasteiger partial charge in [0.15, 0.2) is 0 Å². The zero-order valence-corrected chi connectivity index (χ0v) is 22.1. The zero-order valence-electron chi connectivity index (χ0n) is 22.1. The van der Waals surface area contributed by atoms with Gasteiger partial charge >= 0.3 is 0 Å². The fourth-order valence-corrected chi connectivity index (χ4v) is 6.91. The molecule has 5 heteroatoms. The number of ether oxygens (including phenoxy) is 1. The molecule has 3 aliphatic rings. The highest BCUT2D eigenvalue weighted by atomic mass is 16.5. The number of benzene rings is 2. The zero-order chi connectivity index (χ0) is 25.3. The van der Waals surface area contributed by atoms with Crippen LogP contribution in [0.2, 0.25) is 0 Å². The largest absolute Gasteiger partial charge is 0.508 e. The molecule has 0 bridgehead atoms. The van der Waals surface area contributed by atoms with Crippen LogP contribution in [0.3, 0.4) is 0 Å². The Morgan fingerprint density at radius 3 is 2.61 bits per heavy atom. The number of fused-ring (bicyclic) bond motifs is 1. The van der Waals surface area contributed by atoms with E-state index in [1.54, 1.807) is 6.07 Å². The number of piperidine rings is 1. The van der Waals surface area contributed by atoms with E-state index < -0.39 is 0 Å². The third-order valence-corrected chi connectivity index (χ3v) is 8.81. The number of phenols is 1. The van der Waals surface area contributed by atoms with Crippen LogP contribution in [-0.2, 0) is 10.2 Å². The molecule has 1 aliphatic heterocycles. The van der Waals surface area contributed by atoms with Gasteiger partial charge in [-0.05, 0) is 80.3 Å². The number of phenolic OH excluding ortho intramolecular Hbond substituents is 1. The highest BCUT2D eigenvalue weighted by molar-refractivity contribution is 5.94. The first-order chi connectivity index (χ1) is 17.4. The van der Waals surface area contributed by atoms with Crippen LogP contribution in [0.5, 0.6) is 5.75 Å². The van der Waals surface area contributed by atoms with Gasteiger partial charge in [-0.1, -0.05) is 44.2 Å². The van der Waals surface area contributed by atoms with Gasteiger partial charge in [-0.2, -0.15) is 0 Å². The van der Waals surface area contributed by atoms with E-state index in [0.717, 1.165) is 50.4 Å². The molecular formula is C31H42N2O3. The average molecular weight is 491 g/mol. The average Bonchev–Trinajstić information content (AvgIpc) is 3.71. The number of rotatable bonds is 8. The SMILES string of the molecule is COC1CC(N(CC(C)C)C(=O)c2ccccc2)CC2(c3cccc(O)c3)CCN(CC3CC3)CC12. The molecule has 194 valence electrons. The summed E-state index contributed by atoms with van der Waals surface area (Å²) >= 11 is 0. The lowest BCUT2D eigenvalue weighted by atomic mass is 9.56. The summed E-state index contributed by atoms with van der Waals surface area (Å²) in [6.45, 7) is 8.37. The van der Waals surface area contributed by atoms with Crippen molar-refractivity contribution in [2.45, 2.75) is 63.5 Å². The van der Waals surface area contributed by atoms with Crippen molar-refractivity contribution in [3.63, 3.8) is 0 Å². The minimum absolute atomic E-state index is 0.0614. The second-order valence-corrected chi connectivity index (χ2v) is 11.9. The molecule has 0 spiro atoms. The van der Waals surface area contributed by atoms with Crippen LogP contribution < -0.4 is 0 Å². The topological polar surface area (TPSA) is 53.0 Å². The van der Waals surface area contributed by atoms with Gasteiger partial charge in [-0.15, -0.1) is 0 Å². The van der Waals surface area contributed by atoms with Gasteiger partial charge in [0, 0.05) is 49.7 Å². The maximum absolute atomic E-state index is 13.8. The Balaban J connectivity index is 1.51. The van der Waals surface area contributed by atoms with Gasteiger partial charge in [0.05, 0.1) is 6.10 Å². The number of carbonyl (C=O) groups excluding carboxylic acids is 1. The molecular weight excluding hydrogens is 448 g/mol. The highest BCUT2D eigenvalue weighted by Gasteiger charge is 2.54. The molecule has 4 unspecified atom stereocenters. The summed E-state index contributed by atoms with van der Waals surface area (Å²) in [4.78, 5) is 18.6. The van der Waals surface area contributed by atoms with Gasteiger partial charge in [-0.3, -0.25) is 4.79 Å². The predicted molar refractivity (Wildman–Crippen MR) is 143 cm³/mol. The lowest BCUT2D eigenvalue weighted by Gasteiger charge is -2.57. The molecule has 2 aromatic rings. The summed E-state index contributed by atoms with van der Waals surface area (Å²) < 4.78 is 6.25. The molecule has 2 saturated carbocycles. The summed E-state index contributed by atoms with van der Waals surface area (Å²) in [6.07, 6.45) is 5.57. The number of likely N-dealkylation sites (tertiary alicyclic amines) is 1. The molecule has 2 aromatic carbocycles. The number of aromatic hydroxyl groups is 1. The minimum Gasteiger partial charge on any atom is -0.508 e. The van der Waals surface area contributed by atoms with Crippen molar-refractivity contribution in [3.8, 4) is 5.75 Å². The standard InChI is InChI=1S/C31H42N2O3/c1-22(2)19-33(30(35)24-8-5-4-6-9-24)26-17-29(36-3)28-21-32(20-23-12-13-23)15-14-31(28,18-26)25-10-7-11-27(34)16-25/h4-11,16,22-23,26,28-29,34H,12-15,17-21H2,1-3H3. The van der Waals surface area contributed by atoms with E-state index in [9.17, 15) is 9.90 Å². The Hall–Kier alpha value is -2.37. The van der Waals surface area contributed by atoms with Crippen LogP contribution in [0.15, 0.2) is 54.6 Å². The van der Waals surface area contributed by atoms with Gasteiger partial charge in [-0.25, -0.2) is 0 Å². The molecule has 1 saturated heterocycles. The third kappa shape index (κ3) is 5.19. The van der Waals surface area contributed by atoms with Crippen LogP contribution in [0, 0.1) is 17.8 Å². The molecule has 5 rings (SSSR count). The molecule has 36 heavy (non-hydrogen) atoms. The fourth-order valence-electron chi connectivity index (χ4n) is 6.91. The summed E-state index contributed by atoms with van der Waals surface area (Å²) in [5.74, 6) is 1.99. The number of hydrogen-bond acceptors (Lipinski definition) is 4. The summed E-state index contributed by atoms with van der Waals surface area (Å²) in [5, 5.41) is 10.5. The smallest absolute Gasteiger partial charge is 0.254 e. The second-order valence-electron chi connectivity index (χ2n) is 11.9. The van der Waals surface area contributed by atoms with Gasteiger partial charge in [0.1, 0.15) is 5.75 Å². The highest BCUT2D eigenvalue weighted by Crippen LogP contribution is 2.52. The number of amides is 1. The van der Waals surface area contributed by atoms with Crippen molar-refractivity contribution in [2.75, 3.05) is 33.3 Å². The van der Waals surface area contributed by atoms with Crippen LogP contribution in [0.4, 0.5) is 0 Å².